The zero-order chi connectivity index (χ0) is 16.8. The number of aryl methyl sites for hydroxylation is 1. The standard InChI is InChI=1S/C18H14N4O2S/c1-11-2-4-12(5-3-11)17-19-20-18-22(17)21-14(9-25-18)13-6-7-15-16(8-13)24-10-23-15/h2-8H,9-10H2,1H3. The summed E-state index contributed by atoms with van der Waals surface area (Å²) in [6.45, 7) is 2.34. The molecule has 0 amide bonds. The number of nitrogens with zero attached hydrogens (tertiary/aromatic N) is 4. The molecule has 0 unspecified atom stereocenters. The van der Waals surface area contributed by atoms with Crippen molar-refractivity contribution in [3.05, 3.63) is 53.6 Å². The lowest BCUT2D eigenvalue weighted by Gasteiger charge is -2.14. The van der Waals surface area contributed by atoms with Crippen LogP contribution in [0.15, 0.2) is 52.7 Å². The second kappa shape index (κ2) is 5.63. The quantitative estimate of drug-likeness (QED) is 0.709. The molecule has 1 aromatic heterocycles. The summed E-state index contributed by atoms with van der Waals surface area (Å²) in [5.74, 6) is 3.03. The SMILES string of the molecule is Cc1ccc(-c2nnc3n2N=C(c2ccc4c(c2)OCO4)CS3)cc1. The van der Waals surface area contributed by atoms with Crippen LogP contribution in [0.4, 0.5) is 0 Å². The minimum absolute atomic E-state index is 0.271. The van der Waals surface area contributed by atoms with Gasteiger partial charge in [0.2, 0.25) is 11.9 Å². The number of rotatable bonds is 2. The molecule has 0 atom stereocenters. The molecule has 0 bridgehead atoms. The average molecular weight is 350 g/mol. The molecule has 6 nitrogen and oxygen atoms in total. The summed E-state index contributed by atoms with van der Waals surface area (Å²) in [7, 11) is 0. The molecule has 3 heterocycles. The molecule has 0 aliphatic carbocycles. The fourth-order valence-electron chi connectivity index (χ4n) is 2.83. The summed E-state index contributed by atoms with van der Waals surface area (Å²) < 4.78 is 12.7. The van der Waals surface area contributed by atoms with Crippen molar-refractivity contribution in [2.45, 2.75) is 12.1 Å². The van der Waals surface area contributed by atoms with Gasteiger partial charge in [-0.3, -0.25) is 0 Å². The van der Waals surface area contributed by atoms with Crippen LogP contribution in [0.25, 0.3) is 11.4 Å². The molecule has 2 aromatic carbocycles. The Bertz CT molecular complexity index is 995. The number of thioether (sulfide) groups is 1. The lowest BCUT2D eigenvalue weighted by Crippen LogP contribution is -2.13. The largest absolute Gasteiger partial charge is 0.454 e. The molecule has 3 aromatic rings. The molecule has 5 rings (SSSR count). The van der Waals surface area contributed by atoms with Crippen LogP contribution >= 0.6 is 11.8 Å². The Kier molecular flexibility index (Phi) is 3.27. The molecule has 2 aliphatic heterocycles. The van der Waals surface area contributed by atoms with E-state index in [2.05, 4.69) is 29.3 Å². The van der Waals surface area contributed by atoms with Gasteiger partial charge in [-0.25, -0.2) is 0 Å². The second-order valence-corrected chi connectivity index (χ2v) is 6.83. The van der Waals surface area contributed by atoms with Gasteiger partial charge in [-0.05, 0) is 25.1 Å². The van der Waals surface area contributed by atoms with Crippen molar-refractivity contribution < 1.29 is 9.47 Å². The van der Waals surface area contributed by atoms with Crippen molar-refractivity contribution in [3.8, 4) is 22.9 Å². The molecule has 0 saturated heterocycles. The van der Waals surface area contributed by atoms with E-state index in [1.165, 1.54) is 5.56 Å². The molecule has 2 aliphatic rings. The number of fused-ring (bicyclic) bond motifs is 2. The summed E-state index contributed by atoms with van der Waals surface area (Å²) in [5.41, 5.74) is 4.19. The van der Waals surface area contributed by atoms with Crippen LogP contribution < -0.4 is 9.47 Å². The molecular formula is C18H14N4O2S. The topological polar surface area (TPSA) is 61.5 Å². The first-order valence-electron chi connectivity index (χ1n) is 7.91. The fraction of sp³-hybridized carbons (Fsp3) is 0.167. The Hall–Kier alpha value is -2.80. The third-order valence-corrected chi connectivity index (χ3v) is 5.12. The molecular weight excluding hydrogens is 336 g/mol. The average Bonchev–Trinajstić information content (AvgIpc) is 3.28. The Morgan fingerprint density at radius 3 is 2.64 bits per heavy atom. The van der Waals surface area contributed by atoms with Gasteiger partial charge in [0, 0.05) is 16.9 Å². The monoisotopic (exact) mass is 350 g/mol. The van der Waals surface area contributed by atoms with Gasteiger partial charge in [-0.2, -0.15) is 9.78 Å². The van der Waals surface area contributed by atoms with Crippen molar-refractivity contribution in [3.63, 3.8) is 0 Å². The zero-order valence-electron chi connectivity index (χ0n) is 13.5. The highest BCUT2D eigenvalue weighted by Crippen LogP contribution is 2.34. The van der Waals surface area contributed by atoms with E-state index in [-0.39, 0.29) is 6.79 Å². The maximum atomic E-state index is 5.47. The number of ether oxygens (including phenoxy) is 2. The lowest BCUT2D eigenvalue weighted by atomic mass is 10.1. The van der Waals surface area contributed by atoms with Gasteiger partial charge in [0.15, 0.2) is 17.3 Å². The van der Waals surface area contributed by atoms with Crippen molar-refractivity contribution in [1.82, 2.24) is 14.9 Å². The van der Waals surface area contributed by atoms with Crippen LogP contribution in [0.5, 0.6) is 11.5 Å². The number of aromatic nitrogens is 3. The van der Waals surface area contributed by atoms with Crippen LogP contribution in [0.2, 0.25) is 0 Å². The molecule has 25 heavy (non-hydrogen) atoms. The first-order chi connectivity index (χ1) is 12.3. The van der Waals surface area contributed by atoms with E-state index in [0.29, 0.717) is 0 Å². The van der Waals surface area contributed by atoms with Crippen molar-refractivity contribution in [2.75, 3.05) is 12.5 Å². The van der Waals surface area contributed by atoms with Crippen LogP contribution in [0.3, 0.4) is 0 Å². The summed E-state index contributed by atoms with van der Waals surface area (Å²) >= 11 is 1.63. The number of benzene rings is 2. The minimum Gasteiger partial charge on any atom is -0.454 e. The number of hydrogen-bond acceptors (Lipinski definition) is 6. The summed E-state index contributed by atoms with van der Waals surface area (Å²) in [6, 6.07) is 14.1. The van der Waals surface area contributed by atoms with Crippen LogP contribution in [0, 0.1) is 6.92 Å². The smallest absolute Gasteiger partial charge is 0.231 e. The Labute approximate surface area is 148 Å². The highest BCUT2D eigenvalue weighted by Gasteiger charge is 2.22. The lowest BCUT2D eigenvalue weighted by molar-refractivity contribution is 0.174. The third-order valence-electron chi connectivity index (χ3n) is 4.19. The van der Waals surface area contributed by atoms with Gasteiger partial charge < -0.3 is 9.47 Å². The van der Waals surface area contributed by atoms with Crippen molar-refractivity contribution in [2.24, 2.45) is 5.10 Å². The Morgan fingerprint density at radius 2 is 1.76 bits per heavy atom. The van der Waals surface area contributed by atoms with E-state index in [0.717, 1.165) is 45.1 Å². The third kappa shape index (κ3) is 2.47. The van der Waals surface area contributed by atoms with E-state index in [1.807, 2.05) is 35.0 Å². The Balaban J connectivity index is 1.57. The first-order valence-corrected chi connectivity index (χ1v) is 8.89. The highest BCUT2D eigenvalue weighted by molar-refractivity contribution is 7.99. The number of hydrogen-bond donors (Lipinski definition) is 0. The van der Waals surface area contributed by atoms with Gasteiger partial charge >= 0.3 is 0 Å². The maximum Gasteiger partial charge on any atom is 0.231 e. The molecule has 0 saturated carbocycles. The molecule has 0 spiro atoms. The van der Waals surface area contributed by atoms with E-state index >= 15 is 0 Å². The van der Waals surface area contributed by atoms with E-state index < -0.39 is 0 Å². The van der Waals surface area contributed by atoms with Crippen molar-refractivity contribution >= 4 is 17.5 Å². The summed E-state index contributed by atoms with van der Waals surface area (Å²) in [5, 5.41) is 14.2. The molecule has 0 N–H and O–H groups in total. The molecule has 0 radical (unpaired) electrons. The first kappa shape index (κ1) is 14.5. The normalized spacial score (nSPS) is 15.0. The van der Waals surface area contributed by atoms with Crippen LogP contribution in [0.1, 0.15) is 11.1 Å². The molecule has 124 valence electrons. The molecule has 7 heteroatoms. The highest BCUT2D eigenvalue weighted by atomic mass is 32.2. The van der Waals surface area contributed by atoms with Gasteiger partial charge in [-0.15, -0.1) is 10.2 Å². The summed E-state index contributed by atoms with van der Waals surface area (Å²) in [4.78, 5) is 0. The predicted molar refractivity (Wildman–Crippen MR) is 95.4 cm³/mol. The van der Waals surface area contributed by atoms with E-state index in [4.69, 9.17) is 14.6 Å². The van der Waals surface area contributed by atoms with E-state index in [9.17, 15) is 0 Å². The van der Waals surface area contributed by atoms with Gasteiger partial charge in [0.05, 0.1) is 5.71 Å². The molecule has 0 fully saturated rings. The summed E-state index contributed by atoms with van der Waals surface area (Å²) in [6.07, 6.45) is 0. The fourth-order valence-corrected chi connectivity index (χ4v) is 3.67. The minimum atomic E-state index is 0.271. The van der Waals surface area contributed by atoms with Gasteiger partial charge in [0.25, 0.3) is 0 Å². The van der Waals surface area contributed by atoms with E-state index in [1.54, 1.807) is 11.8 Å². The van der Waals surface area contributed by atoms with Gasteiger partial charge in [-0.1, -0.05) is 41.6 Å². The zero-order valence-corrected chi connectivity index (χ0v) is 14.3. The second-order valence-electron chi connectivity index (χ2n) is 5.89. The Morgan fingerprint density at radius 1 is 0.960 bits per heavy atom. The van der Waals surface area contributed by atoms with Crippen LogP contribution in [-0.4, -0.2) is 33.1 Å². The maximum absolute atomic E-state index is 5.47. The van der Waals surface area contributed by atoms with Crippen molar-refractivity contribution in [1.29, 1.82) is 0 Å². The predicted octanol–water partition coefficient (Wildman–Crippen LogP) is 3.34. The van der Waals surface area contributed by atoms with Crippen LogP contribution in [-0.2, 0) is 0 Å². The van der Waals surface area contributed by atoms with Gasteiger partial charge in [0.1, 0.15) is 0 Å².